The lowest BCUT2D eigenvalue weighted by Gasteiger charge is -2.24. The second-order valence-corrected chi connectivity index (χ2v) is 37.6. The van der Waals surface area contributed by atoms with Crippen LogP contribution in [0, 0.1) is 13.8 Å². The van der Waals surface area contributed by atoms with Gasteiger partial charge in [0.15, 0.2) is 0 Å². The highest BCUT2D eigenvalue weighted by Gasteiger charge is 2.30. The van der Waals surface area contributed by atoms with E-state index in [0.29, 0.717) is 0 Å². The van der Waals surface area contributed by atoms with Crippen LogP contribution in [-0.4, -0.2) is 0 Å². The van der Waals surface area contributed by atoms with Gasteiger partial charge in [0.25, 0.3) is 0 Å². The molecule has 4 aromatic heterocycles. The summed E-state index contributed by atoms with van der Waals surface area (Å²) in [5.74, 6) is 7.27. The molecule has 688 valence electrons. The second-order valence-electron chi connectivity index (χ2n) is 37.6. The topological polar surface area (TPSA) is 52.6 Å². The van der Waals surface area contributed by atoms with E-state index in [1.165, 1.54) is 122 Å². The highest BCUT2D eigenvalue weighted by Crippen LogP contribution is 2.52. The van der Waals surface area contributed by atoms with Gasteiger partial charge in [-0.1, -0.05) is 536 Å². The van der Waals surface area contributed by atoms with Crippen LogP contribution < -0.4 is 0 Å². The molecule has 4 heteroatoms. The zero-order valence-electron chi connectivity index (χ0n) is 81.0. The molecule has 0 saturated carbocycles. The molecule has 0 bridgehead atoms. The molecule has 144 heavy (non-hydrogen) atoms. The first-order chi connectivity index (χ1) is 70.9. The first-order valence-electron chi connectivity index (χ1n) is 49.4. The molecule has 0 N–H and O–H groups in total. The van der Waals surface area contributed by atoms with Gasteiger partial charge in [0.05, 0.1) is 0 Å². The number of hydrogen-bond donors (Lipinski definition) is 0. The smallest absolute Gasteiger partial charge is 0.143 e. The summed E-state index contributed by atoms with van der Waals surface area (Å²) in [5, 5.41) is 9.01. The van der Waals surface area contributed by atoms with E-state index in [4.69, 9.17) is 17.7 Å². The molecule has 0 saturated heterocycles. The van der Waals surface area contributed by atoms with Crippen molar-refractivity contribution in [3.8, 4) is 191 Å². The Morgan fingerprint density at radius 3 is 0.708 bits per heavy atom. The van der Waals surface area contributed by atoms with Gasteiger partial charge in [0.1, 0.15) is 46.1 Å². The molecule has 25 aromatic rings. The van der Waals surface area contributed by atoms with Gasteiger partial charge in [-0.15, -0.1) is 0 Å². The molecule has 0 atom stereocenters. The quantitative estimate of drug-likeness (QED) is 0.0912. The summed E-state index contributed by atoms with van der Waals surface area (Å²) in [5.41, 5.74) is 33.8. The molecule has 0 unspecified atom stereocenters. The zero-order valence-corrected chi connectivity index (χ0v) is 81.0. The van der Waals surface area contributed by atoms with Crippen LogP contribution in [0.25, 0.3) is 234 Å². The number of benzene rings is 21. The highest BCUT2D eigenvalue weighted by atomic mass is 16.4. The van der Waals surface area contributed by atoms with Crippen LogP contribution in [0.3, 0.4) is 0 Å². The third kappa shape index (κ3) is 18.8. The SMILES string of the molecule is CC(C)(C)c1cccc(-c2ccccc2)c1-c1oc(-c2cccc(-c3ccccc3)c2)c2ccccc12.Cc1ccc(-c2ccccc2)c(-c2oc(-c3cccc(-c4ccccc4)c3)c3ccccc23)c1.Cc1cccc(-c2ccccc2)c1-c1oc(-c2cccc(-c3ccccc3)c2)c2ccccc12.c1ccc(-c2cccc(-c3oc(-c4cccc(-c5ccccc5)c4-c4ccccc4)c4ccccc34)c2)cc1. The van der Waals surface area contributed by atoms with Crippen LogP contribution in [0.2, 0.25) is 0 Å². The fourth-order valence-corrected chi connectivity index (χ4v) is 20.2. The average molecular weight is 1850 g/mol. The summed E-state index contributed by atoms with van der Waals surface area (Å²) in [6.45, 7) is 11.1. The fourth-order valence-electron chi connectivity index (χ4n) is 20.2. The fraction of sp³-hybridized carbons (Fsp3) is 0.0429. The van der Waals surface area contributed by atoms with E-state index in [2.05, 4.69) is 556 Å². The molecular weight excluding hydrogens is 1750 g/mol. The standard InChI is InChI=1S/C38H26O.C36H30O.2C33H24O/c1-4-14-27(15-5-1)30-20-12-21-31(26-30)37-33-22-10-11-23-34(33)38(39-37)35-25-13-24-32(28-16-6-2-7-17-28)36(35)29-18-8-3-9-19-29;1-36(2,3)32-23-13-22-29(26-16-8-5-9-17-26)33(32)35-31-21-11-10-20-30(31)34(37-35)28-19-12-18-27(24-28)25-14-6-4-7-15-25;1-23-12-10-21-28(25-15-6-3-7-16-25)31(23)33-30-20-9-8-19-29(30)32(34-33)27-18-11-17-26(22-27)24-13-4-2-5-14-24;1-23-19-20-28(25-13-6-3-7-14-25)31(21-23)33-30-18-9-8-17-29(30)32(34-33)27-16-10-15-26(22-27)24-11-4-2-5-12-24/h1-26H;4-24H,1-3H3;2*2-22H,1H3. The van der Waals surface area contributed by atoms with Gasteiger partial charge in [-0.05, 0) is 155 Å². The van der Waals surface area contributed by atoms with Crippen molar-refractivity contribution in [2.75, 3.05) is 0 Å². The number of furan rings is 4. The third-order valence-corrected chi connectivity index (χ3v) is 27.1. The normalized spacial score (nSPS) is 11.2. The van der Waals surface area contributed by atoms with Crippen LogP contribution in [0.4, 0.5) is 0 Å². The molecule has 0 aliphatic carbocycles. The van der Waals surface area contributed by atoms with Crippen molar-refractivity contribution >= 4 is 43.1 Å². The predicted octanol–water partition coefficient (Wildman–Crippen LogP) is 40.0. The van der Waals surface area contributed by atoms with Gasteiger partial charge < -0.3 is 17.7 Å². The van der Waals surface area contributed by atoms with Gasteiger partial charge in [0, 0.05) is 93.2 Å². The van der Waals surface area contributed by atoms with Crippen molar-refractivity contribution < 1.29 is 17.7 Å². The van der Waals surface area contributed by atoms with E-state index < -0.39 is 0 Å². The molecule has 0 aliphatic heterocycles. The van der Waals surface area contributed by atoms with E-state index in [0.717, 1.165) is 128 Å². The molecule has 0 spiro atoms. The molecule has 4 nitrogen and oxygen atoms in total. The van der Waals surface area contributed by atoms with Gasteiger partial charge >= 0.3 is 0 Å². The average Bonchev–Trinajstić information content (AvgIpc) is 1.59. The molecule has 0 radical (unpaired) electrons. The van der Waals surface area contributed by atoms with Crippen LogP contribution in [0.1, 0.15) is 37.5 Å². The largest absolute Gasteiger partial charge is 0.455 e. The summed E-state index contributed by atoms with van der Waals surface area (Å²) in [6.07, 6.45) is 0. The van der Waals surface area contributed by atoms with Gasteiger partial charge in [-0.25, -0.2) is 0 Å². The number of aryl methyl sites for hydroxylation is 2. The van der Waals surface area contributed by atoms with E-state index in [9.17, 15) is 0 Å². The van der Waals surface area contributed by atoms with Crippen molar-refractivity contribution in [3.05, 3.63) is 557 Å². The Morgan fingerprint density at radius 1 is 0.139 bits per heavy atom. The third-order valence-electron chi connectivity index (χ3n) is 27.1. The van der Waals surface area contributed by atoms with Crippen LogP contribution >= 0.6 is 0 Å². The monoisotopic (exact) mass is 1850 g/mol. The lowest BCUT2D eigenvalue weighted by Crippen LogP contribution is -2.13. The van der Waals surface area contributed by atoms with Gasteiger partial charge in [-0.2, -0.15) is 0 Å². The Hall–Kier alpha value is -18.2. The minimum Gasteiger partial charge on any atom is -0.455 e. The summed E-state index contributed by atoms with van der Waals surface area (Å²) < 4.78 is 27.3. The minimum absolute atomic E-state index is 0.0542. The summed E-state index contributed by atoms with van der Waals surface area (Å²) >= 11 is 0. The minimum atomic E-state index is -0.0542. The Labute approximate surface area is 842 Å². The Kier molecular flexibility index (Phi) is 25.9. The molecule has 4 heterocycles. The van der Waals surface area contributed by atoms with Crippen molar-refractivity contribution in [3.63, 3.8) is 0 Å². The first-order valence-corrected chi connectivity index (χ1v) is 49.4. The predicted molar refractivity (Wildman–Crippen MR) is 605 cm³/mol. The van der Waals surface area contributed by atoms with Crippen molar-refractivity contribution in [1.82, 2.24) is 0 Å². The van der Waals surface area contributed by atoms with Crippen LogP contribution in [0.5, 0.6) is 0 Å². The van der Waals surface area contributed by atoms with E-state index in [1.807, 2.05) is 18.2 Å². The van der Waals surface area contributed by atoms with Crippen molar-refractivity contribution in [2.45, 2.75) is 40.0 Å². The molecular formula is C140H104O4. The van der Waals surface area contributed by atoms with Crippen molar-refractivity contribution in [1.29, 1.82) is 0 Å². The molecule has 0 amide bonds. The first kappa shape index (κ1) is 90.9. The molecule has 0 aliphatic rings. The van der Waals surface area contributed by atoms with Crippen LogP contribution in [-0.2, 0) is 5.41 Å². The summed E-state index contributed by atoms with van der Waals surface area (Å²) in [7, 11) is 0. The van der Waals surface area contributed by atoms with Gasteiger partial charge in [0.2, 0.25) is 0 Å². The number of hydrogen-bond acceptors (Lipinski definition) is 4. The molecule has 0 fully saturated rings. The lowest BCUT2D eigenvalue weighted by atomic mass is 9.80. The summed E-state index contributed by atoms with van der Waals surface area (Å²) in [4.78, 5) is 0. The Bertz CT molecular complexity index is 8810. The zero-order chi connectivity index (χ0) is 97.2. The Morgan fingerprint density at radius 2 is 0.368 bits per heavy atom. The summed E-state index contributed by atoms with van der Waals surface area (Å²) in [6, 6.07) is 190. The highest BCUT2D eigenvalue weighted by molar-refractivity contribution is 6.11. The van der Waals surface area contributed by atoms with Crippen molar-refractivity contribution in [2.24, 2.45) is 0 Å². The lowest BCUT2D eigenvalue weighted by molar-refractivity contribution is 0.576. The van der Waals surface area contributed by atoms with Crippen LogP contribution in [0.15, 0.2) is 558 Å². The maximum absolute atomic E-state index is 6.93. The number of fused-ring (bicyclic) bond motifs is 4. The van der Waals surface area contributed by atoms with E-state index in [-0.39, 0.29) is 5.41 Å². The maximum Gasteiger partial charge on any atom is 0.143 e. The van der Waals surface area contributed by atoms with Gasteiger partial charge in [-0.3, -0.25) is 0 Å². The van der Waals surface area contributed by atoms with E-state index >= 15 is 0 Å². The molecule has 21 aromatic carbocycles. The maximum atomic E-state index is 6.93. The molecule has 25 rings (SSSR count). The van der Waals surface area contributed by atoms with E-state index in [1.54, 1.807) is 0 Å². The second kappa shape index (κ2) is 41.1. The Balaban J connectivity index is 0.000000110. The number of rotatable bonds is 17.